The minimum atomic E-state index is -5.08. The lowest BCUT2D eigenvalue weighted by Crippen LogP contribution is -2.34. The highest BCUT2D eigenvalue weighted by atomic mass is 32.7. The van der Waals surface area contributed by atoms with E-state index in [2.05, 4.69) is 87.0 Å². The maximum atomic E-state index is 16.0. The highest BCUT2D eigenvalue weighted by Crippen LogP contribution is 2.61. The molecule has 9 fully saturated rings. The molecule has 9 aliphatic heterocycles. The van der Waals surface area contributed by atoms with Gasteiger partial charge in [0.05, 0.1) is 117 Å². The Kier molecular flexibility index (Phi) is 24.9. The summed E-state index contributed by atoms with van der Waals surface area (Å²) < 4.78 is 273. The number of phosphoric ester groups is 1. The van der Waals surface area contributed by atoms with Crippen LogP contribution in [0.1, 0.15) is 37.4 Å². The lowest BCUT2D eigenvalue weighted by atomic mass is 10.1. The van der Waals surface area contributed by atoms with Crippen LogP contribution in [0.15, 0.2) is 93.7 Å². The smallest absolute Gasteiger partial charge is 0.397 e. The summed E-state index contributed by atoms with van der Waals surface area (Å²) in [5.74, 6) is 0.201. The van der Waals surface area contributed by atoms with Gasteiger partial charge in [0, 0.05) is 18.6 Å². The molecule has 0 spiro atoms. The summed E-state index contributed by atoms with van der Waals surface area (Å²) >= 11 is 9.28. The van der Waals surface area contributed by atoms with Gasteiger partial charge in [-0.2, -0.15) is 0 Å². The molecule has 0 aromatic carbocycles. The van der Waals surface area contributed by atoms with Gasteiger partial charge in [-0.3, -0.25) is 50.0 Å². The third-order valence-electron chi connectivity index (χ3n) is 21.5. The fourth-order valence-electron chi connectivity index (χ4n) is 15.5. The van der Waals surface area contributed by atoms with Gasteiger partial charge in [0.2, 0.25) is 0 Å². The summed E-state index contributed by atoms with van der Waals surface area (Å²) in [5, 5.41) is 0. The van der Waals surface area contributed by atoms with Crippen molar-refractivity contribution in [3.8, 4) is 0 Å². The Labute approximate surface area is 747 Å². The number of phosphoric acid groups is 1. The average Bonchev–Trinajstić information content (AvgIpc) is 1.62. The quantitative estimate of drug-likeness (QED) is 0.0497. The van der Waals surface area contributed by atoms with Crippen LogP contribution in [0.2, 0.25) is 0 Å². The van der Waals surface area contributed by atoms with Crippen LogP contribution in [0.25, 0.3) is 67.0 Å². The Hall–Kier alpha value is -8.57. The summed E-state index contributed by atoms with van der Waals surface area (Å²) in [5.41, 5.74) is 39.2. The van der Waals surface area contributed by atoms with Gasteiger partial charge in [0.25, 0.3) is 0 Å². The number of hydrogen-bond acceptors (Lipinski definition) is 45. The van der Waals surface area contributed by atoms with E-state index >= 15 is 26.3 Å². The van der Waals surface area contributed by atoms with Gasteiger partial charge < -0.3 is 118 Å². The summed E-state index contributed by atoms with van der Waals surface area (Å²) in [6.45, 7) is -12.2. The van der Waals surface area contributed by atoms with E-state index in [4.69, 9.17) is 129 Å². The van der Waals surface area contributed by atoms with Gasteiger partial charge in [-0.1, -0.05) is 12.2 Å². The molecule has 6 bridgehead atoms. The molecule has 9 saturated heterocycles. The number of nitrogens with two attached hydrogens (primary N) is 6. The number of alkyl halides is 6. The summed E-state index contributed by atoms with van der Waals surface area (Å²) in [4.78, 5) is 83.3. The number of pyridine rings is 3. The molecule has 52 nitrogen and oxygen atoms in total. The van der Waals surface area contributed by atoms with Gasteiger partial charge in [-0.25, -0.2) is 110 Å². The predicted molar refractivity (Wildman–Crippen MR) is 458 cm³/mol. The summed E-state index contributed by atoms with van der Waals surface area (Å²) in [6.07, 6.45) is -21.9. The lowest BCUT2D eigenvalue weighted by Gasteiger charge is -2.29. The van der Waals surface area contributed by atoms with Gasteiger partial charge in [0.1, 0.15) is 148 Å². The van der Waals surface area contributed by atoms with Crippen molar-refractivity contribution in [2.75, 3.05) is 74.0 Å². The Morgan fingerprint density at radius 1 is 0.333 bits per heavy atom. The first-order chi connectivity index (χ1) is 62.8. The van der Waals surface area contributed by atoms with E-state index in [1.54, 1.807) is 12.1 Å². The Bertz CT molecular complexity index is 6140. The maximum Gasteiger partial charge on any atom is 0.472 e. The molecule has 9 aliphatic rings. The second-order valence-corrected chi connectivity index (χ2v) is 39.1. The third-order valence-corrected chi connectivity index (χ3v) is 28.0. The van der Waals surface area contributed by atoms with Gasteiger partial charge in [-0.05, 0) is 30.0 Å². The van der Waals surface area contributed by atoms with Crippen molar-refractivity contribution in [2.45, 2.75) is 148 Å². The molecule has 0 saturated carbocycles. The number of nitrogen functional groups attached to an aromatic ring is 6. The summed E-state index contributed by atoms with van der Waals surface area (Å²) in [6, 6.07) is 4.61. The molecule has 132 heavy (non-hydrogen) atoms. The van der Waals surface area contributed by atoms with E-state index in [0.29, 0.717) is 22.4 Å². The number of thiol groups is 1. The average molecular weight is 2010 g/mol. The van der Waals surface area contributed by atoms with Crippen molar-refractivity contribution in [1.29, 1.82) is 0 Å². The van der Waals surface area contributed by atoms with Crippen LogP contribution in [0, 0.1) is 0 Å². The number of anilines is 6. The fraction of sp³-hybridized carbons (Fsp3) is 0.476. The van der Waals surface area contributed by atoms with Crippen LogP contribution >= 0.6 is 56.0 Å². The first kappa shape index (κ1) is 92.5. The molecule has 8 unspecified atom stereocenters. The lowest BCUT2D eigenvalue weighted by molar-refractivity contribution is -0.0630. The van der Waals surface area contributed by atoms with E-state index in [1.807, 2.05) is 0 Å². The van der Waals surface area contributed by atoms with E-state index in [9.17, 15) is 32.6 Å². The molecule has 708 valence electrons. The maximum absolute atomic E-state index is 16.0. The predicted octanol–water partition coefficient (Wildman–Crippen LogP) is 1.95. The largest absolute Gasteiger partial charge is 0.472 e. The molecular formula is C63H75B3F6N27O25P6S2-3. The highest BCUT2D eigenvalue weighted by molar-refractivity contribution is 8.44. The van der Waals surface area contributed by atoms with Crippen LogP contribution in [-0.4, -0.2) is 285 Å². The van der Waals surface area contributed by atoms with Crippen LogP contribution < -0.4 is 34.4 Å². The van der Waals surface area contributed by atoms with Crippen molar-refractivity contribution < 1.29 is 142 Å². The van der Waals surface area contributed by atoms with Crippen molar-refractivity contribution in [3.05, 3.63) is 93.7 Å². The minimum absolute atomic E-state index is 0.0502. The minimum Gasteiger partial charge on any atom is -0.397 e. The van der Waals surface area contributed by atoms with E-state index in [-0.39, 0.29) is 79.1 Å². The Morgan fingerprint density at radius 2 is 0.606 bits per heavy atom. The molecule has 21 rings (SSSR count). The molecule has 0 amide bonds. The topological polar surface area (TPSA) is 671 Å². The van der Waals surface area contributed by atoms with E-state index in [1.165, 1.54) is 103 Å². The van der Waals surface area contributed by atoms with Crippen molar-refractivity contribution >= 4 is 192 Å². The van der Waals surface area contributed by atoms with Gasteiger partial charge in [-0.15, -0.1) is 0 Å². The zero-order valence-electron chi connectivity index (χ0n) is 64.7. The van der Waals surface area contributed by atoms with Crippen LogP contribution in [-0.2, 0) is 117 Å². The van der Waals surface area contributed by atoms with Crippen molar-refractivity contribution in [3.63, 3.8) is 0 Å². The van der Waals surface area contributed by atoms with Crippen molar-refractivity contribution in [2.24, 2.45) is 0 Å². The molecule has 21 heterocycles. The number of nitrogens with zero attached hydrogens (tertiary/aromatic N) is 21. The van der Waals surface area contributed by atoms with Crippen LogP contribution in [0.4, 0.5) is 60.9 Å². The van der Waals surface area contributed by atoms with Crippen molar-refractivity contribution in [1.82, 2.24) is 102 Å². The monoisotopic (exact) mass is 2010 g/mol. The normalized spacial score (nSPS) is 38.3. The number of aromatic nitrogens is 21. The highest BCUT2D eigenvalue weighted by Gasteiger charge is 2.59. The molecular weight excluding hydrogens is 1930 g/mol. The summed E-state index contributed by atoms with van der Waals surface area (Å²) in [7, 11) is -20.5. The first-order valence-electron chi connectivity index (χ1n) is 37.9. The second kappa shape index (κ2) is 35.5. The number of ether oxygens (including phenoxy) is 6. The SMILES string of the molecule is [BH3-]P1(=O)OC[C@H]2O[C@@H](n3cnc4c(N)ccnc43)[C@H](OP(=O)(O)OC[C@H]3O[C@@H](n4cnc5c(N)ncnc54)[C@H](F)[C@@H]3O1)C2F.[BH3-]P1(=O)OC[C@H]2O[C@@H](n3cnc4c(N)ccnc43)[C@H](OP(=O)(S)OC[C@H]3O[C@@H](n4cnc5c(N)ncnc54)[C@H](F)[C@@H]3O1)[C@@H]2F.[BH3-]P1(=O)OC[C@H]2O[C@@H](n3cnc4c(N)ccnc43)[C@H](OP(O)(=S)OC[C@H]3O[C@@H](n4cnc5c(N)ncnc54)[C@H](F)[C@@H]3O1)C2F. The second-order valence-electron chi connectivity index (χ2n) is 29.2. The molecule has 12 aromatic rings. The number of halogens is 6. The van der Waals surface area contributed by atoms with Crippen LogP contribution in [0.3, 0.4) is 0 Å². The number of fused-ring (bicyclic) bond motifs is 15. The van der Waals surface area contributed by atoms with E-state index < -0.39 is 254 Å². The number of hydrogen-bond donors (Lipinski definition) is 9. The number of rotatable bonds is 6. The molecule has 0 aliphatic carbocycles. The van der Waals surface area contributed by atoms with Gasteiger partial charge >= 0.3 is 21.3 Å². The standard InChI is InChI=1S/C21H25BF2N9O9P2.2C21H25BF2N9O8P2S/c22-43(34)37-3-9-11(23)16(21(39-9)33-6-30-13-8(25)1-2-27-18(13)33)42-44(35,36)38-4-10-15(41-43)12(24)20(40-10)32-7-31-14-17(26)28-5-29-19(14)32;2*22-42(34)36-3-9-11(23)16(21(38-9)33-6-30-13-8(25)1-2-27-18(13)33)41-43(35,44)37-4-10-15(40-42)12(24)20(39-10)32-7-31-14-17(26)28-5-29-19(14)32/h1-2,5-7,9-12,15-16,20-21H,3-4H2,22H3,(H2,25,27)(H,35,36)(H2,26,28,29);2*1-2,5-7,9-12,15-16,20-21H,3-4H2,22H3,(H2,25,27)(H,35,44)(H2,26,28,29)/q3*-1/t9-,10-,11?,12-,15-,16-,20-,21-,43?;9-,10-,11?,12-,15-,16-,20-,21-,42?,43?;9-,10-,11-,12-,15-,16-,20-,21-,42?,43?/m111/s1. The van der Waals surface area contributed by atoms with E-state index in [0.717, 1.165) is 6.33 Å². The molecule has 30 atom stereocenters. The third kappa shape index (κ3) is 17.7. The first-order valence-corrected chi connectivity index (χ1v) is 48.0. The number of imidazole rings is 6. The zero-order valence-corrected chi connectivity index (χ0v) is 71.8. The zero-order chi connectivity index (χ0) is 92.9. The molecule has 12 aromatic heterocycles. The Morgan fingerprint density at radius 3 is 0.947 bits per heavy atom. The molecule has 14 N–H and O–H groups in total. The van der Waals surface area contributed by atoms with Crippen LogP contribution in [0.5, 0.6) is 0 Å². The van der Waals surface area contributed by atoms with Gasteiger partial charge in [0.15, 0.2) is 126 Å². The fourth-order valence-corrected chi connectivity index (χ4v) is 21.6. The molecule has 69 heteroatoms. The molecule has 0 radical (unpaired) electrons. The Balaban J connectivity index is 0.000000128.